The summed E-state index contributed by atoms with van der Waals surface area (Å²) >= 11 is 0. The molecule has 2 unspecified atom stereocenters. The molecule has 2 rings (SSSR count). The van der Waals surface area contributed by atoms with Crippen LogP contribution in [0.15, 0.2) is 0 Å². The van der Waals surface area contributed by atoms with Crippen molar-refractivity contribution in [3.8, 4) is 0 Å². The van der Waals surface area contributed by atoms with Gasteiger partial charge < -0.3 is 10.6 Å². The Labute approximate surface area is 97.8 Å². The summed E-state index contributed by atoms with van der Waals surface area (Å²) in [6.45, 7) is 5.31. The van der Waals surface area contributed by atoms with Crippen molar-refractivity contribution in [2.24, 2.45) is 17.1 Å². The molecule has 3 nitrogen and oxygen atoms in total. The average molecular weight is 233 g/mol. The van der Waals surface area contributed by atoms with Crippen molar-refractivity contribution in [1.29, 1.82) is 0 Å². The molecule has 88 valence electrons. The average Bonchev–Trinajstić information content (AvgIpc) is 2.47. The van der Waals surface area contributed by atoms with E-state index in [9.17, 15) is 4.79 Å². The van der Waals surface area contributed by atoms with E-state index >= 15 is 0 Å². The fourth-order valence-electron chi connectivity index (χ4n) is 2.60. The number of amides is 1. The number of likely N-dealkylation sites (tertiary alicyclic amines) is 1. The maximum atomic E-state index is 12.1. The smallest absolute Gasteiger partial charge is 0.229 e. The first-order valence-electron chi connectivity index (χ1n) is 5.57. The van der Waals surface area contributed by atoms with E-state index in [0.29, 0.717) is 12.6 Å². The lowest BCUT2D eigenvalue weighted by atomic mass is 9.85. The van der Waals surface area contributed by atoms with Gasteiger partial charge in [-0.05, 0) is 32.6 Å². The topological polar surface area (TPSA) is 46.3 Å². The summed E-state index contributed by atoms with van der Waals surface area (Å²) in [5, 5.41) is 0. The van der Waals surface area contributed by atoms with Crippen LogP contribution in [-0.4, -0.2) is 29.9 Å². The van der Waals surface area contributed by atoms with Gasteiger partial charge in [-0.2, -0.15) is 0 Å². The van der Waals surface area contributed by atoms with E-state index < -0.39 is 0 Å². The van der Waals surface area contributed by atoms with Gasteiger partial charge in [0.15, 0.2) is 0 Å². The Morgan fingerprint density at radius 2 is 2.13 bits per heavy atom. The highest BCUT2D eigenvalue weighted by molar-refractivity contribution is 5.85. The highest BCUT2D eigenvalue weighted by atomic mass is 35.5. The van der Waals surface area contributed by atoms with Gasteiger partial charge in [0.2, 0.25) is 5.91 Å². The van der Waals surface area contributed by atoms with Crippen LogP contribution < -0.4 is 5.73 Å². The largest absolute Gasteiger partial charge is 0.339 e. The predicted molar refractivity (Wildman–Crippen MR) is 62.9 cm³/mol. The van der Waals surface area contributed by atoms with Crippen molar-refractivity contribution in [2.75, 3.05) is 13.1 Å². The second-order valence-corrected chi connectivity index (χ2v) is 5.30. The van der Waals surface area contributed by atoms with Gasteiger partial charge in [0.05, 0.1) is 5.41 Å². The van der Waals surface area contributed by atoms with Gasteiger partial charge in [0.1, 0.15) is 0 Å². The predicted octanol–water partition coefficient (Wildman–Crippen LogP) is 1.40. The lowest BCUT2D eigenvalue weighted by Crippen LogP contribution is -2.60. The molecule has 1 amide bonds. The monoisotopic (exact) mass is 232 g/mol. The SMILES string of the molecule is CC(C)(CN)C(=O)N1CC2CCCC21.Cl. The summed E-state index contributed by atoms with van der Waals surface area (Å²) in [6.07, 6.45) is 3.82. The number of hydrogen-bond acceptors (Lipinski definition) is 2. The van der Waals surface area contributed by atoms with Gasteiger partial charge in [-0.15, -0.1) is 12.4 Å². The van der Waals surface area contributed by atoms with Crippen molar-refractivity contribution in [3.05, 3.63) is 0 Å². The van der Waals surface area contributed by atoms with Crippen LogP contribution >= 0.6 is 12.4 Å². The van der Waals surface area contributed by atoms with Crippen LogP contribution in [0.2, 0.25) is 0 Å². The molecule has 1 saturated carbocycles. The molecule has 1 saturated heterocycles. The van der Waals surface area contributed by atoms with E-state index in [4.69, 9.17) is 5.73 Å². The van der Waals surface area contributed by atoms with E-state index in [1.54, 1.807) is 0 Å². The van der Waals surface area contributed by atoms with Gasteiger partial charge >= 0.3 is 0 Å². The van der Waals surface area contributed by atoms with Crippen LogP contribution in [0.4, 0.5) is 0 Å². The standard InChI is InChI=1S/C11H20N2O.ClH/c1-11(2,7-12)10(14)13-6-8-4-3-5-9(8)13;/h8-9H,3-7,12H2,1-2H3;1H. The quantitative estimate of drug-likeness (QED) is 0.783. The number of nitrogens with two attached hydrogens (primary N) is 1. The van der Waals surface area contributed by atoms with Crippen molar-refractivity contribution in [3.63, 3.8) is 0 Å². The van der Waals surface area contributed by atoms with Crippen LogP contribution in [0.1, 0.15) is 33.1 Å². The van der Waals surface area contributed by atoms with Crippen LogP contribution in [0, 0.1) is 11.3 Å². The number of carbonyl (C=O) groups is 1. The number of carbonyl (C=O) groups excluding carboxylic acids is 1. The summed E-state index contributed by atoms with van der Waals surface area (Å²) in [5.74, 6) is 1.05. The van der Waals surface area contributed by atoms with Crippen molar-refractivity contribution >= 4 is 18.3 Å². The molecule has 0 aromatic rings. The van der Waals surface area contributed by atoms with Crippen LogP contribution in [0.5, 0.6) is 0 Å². The van der Waals surface area contributed by atoms with E-state index in [0.717, 1.165) is 12.5 Å². The highest BCUT2D eigenvalue weighted by Crippen LogP contribution is 2.40. The molecule has 1 heterocycles. The first-order valence-corrected chi connectivity index (χ1v) is 5.57. The van der Waals surface area contributed by atoms with Gasteiger partial charge in [-0.1, -0.05) is 6.42 Å². The molecule has 0 radical (unpaired) electrons. The zero-order valence-corrected chi connectivity index (χ0v) is 10.3. The van der Waals surface area contributed by atoms with Gasteiger partial charge in [0, 0.05) is 19.1 Å². The van der Waals surface area contributed by atoms with Crippen LogP contribution in [0.3, 0.4) is 0 Å². The van der Waals surface area contributed by atoms with Crippen molar-refractivity contribution < 1.29 is 4.79 Å². The zero-order chi connectivity index (χ0) is 10.3. The number of hydrogen-bond donors (Lipinski definition) is 1. The first-order chi connectivity index (χ1) is 6.56. The van der Waals surface area contributed by atoms with Crippen molar-refractivity contribution in [1.82, 2.24) is 4.90 Å². The number of rotatable bonds is 2. The molecule has 2 atom stereocenters. The Morgan fingerprint density at radius 1 is 1.47 bits per heavy atom. The minimum atomic E-state index is -0.367. The fraction of sp³-hybridized carbons (Fsp3) is 0.909. The Bertz CT molecular complexity index is 255. The van der Waals surface area contributed by atoms with Crippen LogP contribution in [0.25, 0.3) is 0 Å². The molecule has 2 fully saturated rings. The number of halogens is 1. The Morgan fingerprint density at radius 3 is 2.67 bits per heavy atom. The molecule has 1 aliphatic carbocycles. The Hall–Kier alpha value is -0.280. The van der Waals surface area contributed by atoms with E-state index in [1.807, 2.05) is 18.7 Å². The minimum absolute atomic E-state index is 0. The fourth-order valence-corrected chi connectivity index (χ4v) is 2.60. The van der Waals surface area contributed by atoms with Gasteiger partial charge in [-0.25, -0.2) is 0 Å². The highest BCUT2D eigenvalue weighted by Gasteiger charge is 2.47. The van der Waals surface area contributed by atoms with E-state index in [1.165, 1.54) is 19.3 Å². The third kappa shape index (κ3) is 2.00. The van der Waals surface area contributed by atoms with Gasteiger partial charge in [0.25, 0.3) is 0 Å². The molecule has 0 aromatic carbocycles. The van der Waals surface area contributed by atoms with E-state index in [2.05, 4.69) is 0 Å². The summed E-state index contributed by atoms with van der Waals surface area (Å²) in [4.78, 5) is 14.1. The molecule has 1 aliphatic heterocycles. The van der Waals surface area contributed by atoms with Crippen molar-refractivity contribution in [2.45, 2.75) is 39.2 Å². The Balaban J connectivity index is 0.00000112. The molecule has 0 bridgehead atoms. The number of nitrogens with zero attached hydrogens (tertiary/aromatic N) is 1. The third-order valence-electron chi connectivity index (χ3n) is 3.80. The summed E-state index contributed by atoms with van der Waals surface area (Å²) < 4.78 is 0. The first kappa shape index (κ1) is 12.8. The molecular formula is C11H21ClN2O. The Kier molecular flexibility index (Phi) is 3.67. The lowest BCUT2D eigenvalue weighted by molar-refractivity contribution is -0.151. The summed E-state index contributed by atoms with van der Waals surface area (Å²) in [7, 11) is 0. The zero-order valence-electron chi connectivity index (χ0n) is 9.53. The van der Waals surface area contributed by atoms with Crippen LogP contribution in [-0.2, 0) is 4.79 Å². The summed E-state index contributed by atoms with van der Waals surface area (Å²) in [6, 6.07) is 0.549. The summed E-state index contributed by atoms with van der Waals surface area (Å²) in [5.41, 5.74) is 5.25. The molecule has 2 N–H and O–H groups in total. The maximum Gasteiger partial charge on any atom is 0.229 e. The minimum Gasteiger partial charge on any atom is -0.339 e. The molecular weight excluding hydrogens is 212 g/mol. The third-order valence-corrected chi connectivity index (χ3v) is 3.80. The number of fused-ring (bicyclic) bond motifs is 1. The normalized spacial score (nSPS) is 29.1. The molecule has 0 aromatic heterocycles. The molecule has 4 heteroatoms. The maximum absolute atomic E-state index is 12.1. The lowest BCUT2D eigenvalue weighted by Gasteiger charge is -2.47. The second kappa shape index (κ2) is 4.30. The van der Waals surface area contributed by atoms with Gasteiger partial charge in [-0.3, -0.25) is 4.79 Å². The second-order valence-electron chi connectivity index (χ2n) is 5.30. The molecule has 0 spiro atoms. The van der Waals surface area contributed by atoms with E-state index in [-0.39, 0.29) is 23.7 Å². The molecule has 2 aliphatic rings. The molecule has 15 heavy (non-hydrogen) atoms.